The van der Waals surface area contributed by atoms with Crippen molar-refractivity contribution in [2.45, 2.75) is 19.3 Å². The maximum Gasteiger partial charge on any atom is 0.274 e. The van der Waals surface area contributed by atoms with Crippen LogP contribution in [0.25, 0.3) is 0 Å². The van der Waals surface area contributed by atoms with E-state index in [4.69, 9.17) is 4.74 Å². The Morgan fingerprint density at radius 3 is 2.57 bits per heavy atom. The Labute approximate surface area is 136 Å². The third-order valence-corrected chi connectivity index (χ3v) is 4.05. The van der Waals surface area contributed by atoms with Crippen molar-refractivity contribution in [3.05, 3.63) is 48.3 Å². The maximum atomic E-state index is 12.4. The number of aromatic nitrogens is 1. The van der Waals surface area contributed by atoms with Crippen LogP contribution in [0.1, 0.15) is 29.8 Å². The Morgan fingerprint density at radius 2 is 1.87 bits per heavy atom. The lowest BCUT2D eigenvalue weighted by molar-refractivity contribution is 0.102. The number of carbonyl (C=O) groups is 1. The van der Waals surface area contributed by atoms with Crippen LogP contribution in [0.2, 0.25) is 0 Å². The van der Waals surface area contributed by atoms with Gasteiger partial charge in [0.15, 0.2) is 0 Å². The van der Waals surface area contributed by atoms with Gasteiger partial charge in [0.05, 0.1) is 7.11 Å². The van der Waals surface area contributed by atoms with Crippen molar-refractivity contribution in [2.24, 2.45) is 0 Å². The maximum absolute atomic E-state index is 12.4. The molecule has 1 aliphatic rings. The second kappa shape index (κ2) is 7.13. The number of hydrogen-bond acceptors (Lipinski definition) is 4. The number of piperidine rings is 1. The minimum Gasteiger partial charge on any atom is -0.497 e. The number of amides is 1. The predicted octanol–water partition coefficient (Wildman–Crippen LogP) is 3.33. The summed E-state index contributed by atoms with van der Waals surface area (Å²) >= 11 is 0. The van der Waals surface area contributed by atoms with Crippen LogP contribution in [-0.4, -0.2) is 31.1 Å². The largest absolute Gasteiger partial charge is 0.497 e. The molecular weight excluding hydrogens is 290 g/mol. The highest BCUT2D eigenvalue weighted by Gasteiger charge is 2.14. The number of ether oxygens (including phenoxy) is 1. The Kier molecular flexibility index (Phi) is 4.76. The van der Waals surface area contributed by atoms with Crippen molar-refractivity contribution in [1.82, 2.24) is 4.98 Å². The van der Waals surface area contributed by atoms with Gasteiger partial charge in [-0.3, -0.25) is 9.78 Å². The number of carbonyl (C=O) groups excluding carboxylic acids is 1. The fourth-order valence-electron chi connectivity index (χ4n) is 2.76. The molecular formula is C18H21N3O2. The van der Waals surface area contributed by atoms with Gasteiger partial charge in [0.2, 0.25) is 0 Å². The summed E-state index contributed by atoms with van der Waals surface area (Å²) in [6, 6.07) is 11.1. The smallest absolute Gasteiger partial charge is 0.274 e. The summed E-state index contributed by atoms with van der Waals surface area (Å²) in [5.74, 6) is 0.558. The molecule has 0 radical (unpaired) electrons. The highest BCUT2D eigenvalue weighted by Crippen LogP contribution is 2.21. The second-order valence-electron chi connectivity index (χ2n) is 5.63. The van der Waals surface area contributed by atoms with Crippen molar-refractivity contribution in [1.29, 1.82) is 0 Å². The molecule has 1 fully saturated rings. The molecule has 120 valence electrons. The fraction of sp³-hybridized carbons (Fsp3) is 0.333. The molecule has 5 nitrogen and oxygen atoms in total. The molecule has 3 rings (SSSR count). The third kappa shape index (κ3) is 3.80. The molecule has 0 unspecified atom stereocenters. The van der Waals surface area contributed by atoms with E-state index in [0.717, 1.165) is 30.2 Å². The van der Waals surface area contributed by atoms with Crippen LogP contribution in [0.3, 0.4) is 0 Å². The van der Waals surface area contributed by atoms with E-state index < -0.39 is 0 Å². The van der Waals surface area contributed by atoms with Gasteiger partial charge in [-0.05, 0) is 55.7 Å². The van der Waals surface area contributed by atoms with Crippen LogP contribution < -0.4 is 15.0 Å². The van der Waals surface area contributed by atoms with Crippen LogP contribution in [0.15, 0.2) is 42.6 Å². The van der Waals surface area contributed by atoms with Gasteiger partial charge in [-0.25, -0.2) is 0 Å². The summed E-state index contributed by atoms with van der Waals surface area (Å²) in [4.78, 5) is 18.9. The summed E-state index contributed by atoms with van der Waals surface area (Å²) < 4.78 is 5.11. The molecule has 1 N–H and O–H groups in total. The Morgan fingerprint density at radius 1 is 1.13 bits per heavy atom. The molecule has 0 bridgehead atoms. The fourth-order valence-corrected chi connectivity index (χ4v) is 2.76. The quantitative estimate of drug-likeness (QED) is 0.941. The van der Waals surface area contributed by atoms with Gasteiger partial charge < -0.3 is 15.0 Å². The van der Waals surface area contributed by atoms with Crippen LogP contribution >= 0.6 is 0 Å². The van der Waals surface area contributed by atoms with Crippen molar-refractivity contribution in [3.8, 4) is 5.75 Å². The zero-order valence-electron chi connectivity index (χ0n) is 13.3. The van der Waals surface area contributed by atoms with Gasteiger partial charge in [-0.1, -0.05) is 0 Å². The highest BCUT2D eigenvalue weighted by molar-refractivity contribution is 6.03. The summed E-state index contributed by atoms with van der Waals surface area (Å²) in [6.45, 7) is 2.09. The normalized spacial score (nSPS) is 14.4. The molecule has 0 saturated carbocycles. The van der Waals surface area contributed by atoms with Crippen molar-refractivity contribution in [3.63, 3.8) is 0 Å². The molecule has 5 heteroatoms. The number of nitrogens with one attached hydrogen (secondary N) is 1. The first-order chi connectivity index (χ1) is 11.3. The lowest BCUT2D eigenvalue weighted by Crippen LogP contribution is -2.29. The van der Waals surface area contributed by atoms with Crippen molar-refractivity contribution in [2.75, 3.05) is 30.4 Å². The minimum atomic E-state index is -0.200. The van der Waals surface area contributed by atoms with Gasteiger partial charge in [0.1, 0.15) is 11.4 Å². The number of nitrogens with zero attached hydrogens (tertiary/aromatic N) is 2. The van der Waals surface area contributed by atoms with Crippen LogP contribution in [0.4, 0.5) is 11.4 Å². The van der Waals surface area contributed by atoms with Crippen LogP contribution in [-0.2, 0) is 0 Å². The number of benzene rings is 1. The zero-order chi connectivity index (χ0) is 16.1. The molecule has 0 aliphatic carbocycles. The standard InChI is InChI=1S/C18H21N3O2/c1-23-16-7-5-14(6-8-16)20-18(22)17-13-15(9-10-19-17)21-11-3-2-4-12-21/h5-10,13H,2-4,11-12H2,1H3,(H,20,22). The lowest BCUT2D eigenvalue weighted by atomic mass is 10.1. The van der Waals surface area contributed by atoms with Crippen LogP contribution in [0.5, 0.6) is 5.75 Å². The second-order valence-corrected chi connectivity index (χ2v) is 5.63. The number of methoxy groups -OCH3 is 1. The predicted molar refractivity (Wildman–Crippen MR) is 91.2 cm³/mol. The summed E-state index contributed by atoms with van der Waals surface area (Å²) in [5, 5.41) is 2.86. The highest BCUT2D eigenvalue weighted by atomic mass is 16.5. The molecule has 1 amide bonds. The summed E-state index contributed by atoms with van der Waals surface area (Å²) in [7, 11) is 1.61. The van der Waals surface area contributed by atoms with E-state index >= 15 is 0 Å². The monoisotopic (exact) mass is 311 g/mol. The van der Waals surface area contributed by atoms with Crippen molar-refractivity contribution < 1.29 is 9.53 Å². The molecule has 1 saturated heterocycles. The van der Waals surface area contributed by atoms with E-state index in [1.54, 1.807) is 13.3 Å². The Hall–Kier alpha value is -2.56. The lowest BCUT2D eigenvalue weighted by Gasteiger charge is -2.28. The van der Waals surface area contributed by atoms with E-state index in [-0.39, 0.29) is 5.91 Å². The molecule has 0 spiro atoms. The molecule has 1 aliphatic heterocycles. The average Bonchev–Trinajstić information content (AvgIpc) is 2.63. The van der Waals surface area contributed by atoms with Crippen molar-refractivity contribution >= 4 is 17.3 Å². The first-order valence-corrected chi connectivity index (χ1v) is 7.93. The Balaban J connectivity index is 1.71. The molecule has 1 aromatic heterocycles. The van der Waals surface area contributed by atoms with Gasteiger partial charge in [-0.2, -0.15) is 0 Å². The molecule has 2 aromatic rings. The van der Waals surface area contributed by atoms with E-state index in [9.17, 15) is 4.79 Å². The Bertz CT molecular complexity index is 664. The number of pyridine rings is 1. The average molecular weight is 311 g/mol. The van der Waals surface area contributed by atoms with Gasteiger partial charge >= 0.3 is 0 Å². The van der Waals surface area contributed by atoms with Crippen LogP contribution in [0, 0.1) is 0 Å². The number of anilines is 2. The van der Waals surface area contributed by atoms with Gasteiger partial charge in [0.25, 0.3) is 5.91 Å². The third-order valence-electron chi connectivity index (χ3n) is 4.05. The first-order valence-electron chi connectivity index (χ1n) is 7.93. The number of hydrogen-bond donors (Lipinski definition) is 1. The van der Waals surface area contributed by atoms with E-state index in [1.807, 2.05) is 36.4 Å². The van der Waals surface area contributed by atoms with Gasteiger partial charge in [0, 0.05) is 30.7 Å². The number of rotatable bonds is 4. The SMILES string of the molecule is COc1ccc(NC(=O)c2cc(N3CCCCC3)ccn2)cc1. The van der Waals surface area contributed by atoms with E-state index in [1.165, 1.54) is 19.3 Å². The summed E-state index contributed by atoms with van der Waals surface area (Å²) in [6.07, 6.45) is 5.39. The topological polar surface area (TPSA) is 54.5 Å². The minimum absolute atomic E-state index is 0.200. The van der Waals surface area contributed by atoms with E-state index in [0.29, 0.717) is 5.69 Å². The molecule has 1 aromatic carbocycles. The molecule has 2 heterocycles. The molecule has 0 atom stereocenters. The van der Waals surface area contributed by atoms with Gasteiger partial charge in [-0.15, -0.1) is 0 Å². The summed E-state index contributed by atoms with van der Waals surface area (Å²) in [5.41, 5.74) is 2.23. The first kappa shape index (κ1) is 15.3. The molecule has 23 heavy (non-hydrogen) atoms. The van der Waals surface area contributed by atoms with E-state index in [2.05, 4.69) is 15.2 Å². The zero-order valence-corrected chi connectivity index (χ0v) is 13.3.